The second-order valence-corrected chi connectivity index (χ2v) is 6.11. The first-order valence-corrected chi connectivity index (χ1v) is 6.94. The largest absolute Gasteiger partial charge is 0.343 e. The lowest BCUT2D eigenvalue weighted by molar-refractivity contribution is -0.134. The Morgan fingerprint density at radius 1 is 1.50 bits per heavy atom. The summed E-state index contributed by atoms with van der Waals surface area (Å²) >= 11 is 0. The zero-order valence-corrected chi connectivity index (χ0v) is 9.51. The first-order chi connectivity index (χ1) is 6.42. The van der Waals surface area contributed by atoms with Crippen LogP contribution in [0.5, 0.6) is 0 Å². The Balaban J connectivity index is 2.51. The van der Waals surface area contributed by atoms with Crippen LogP contribution in [0.25, 0.3) is 0 Å². The van der Waals surface area contributed by atoms with E-state index in [0.29, 0.717) is 13.0 Å². The number of rotatable bonds is 3. The summed E-state index contributed by atoms with van der Waals surface area (Å²) in [6.45, 7) is 3.37. The number of hydrogen-bond acceptors (Lipinski definition) is 3. The van der Waals surface area contributed by atoms with Crippen molar-refractivity contribution in [2.75, 3.05) is 25.1 Å². The molecular formula is C9H17NO3S. The van der Waals surface area contributed by atoms with E-state index in [0.717, 1.165) is 13.0 Å². The smallest absolute Gasteiger partial charge is 0.222 e. The fourth-order valence-electron chi connectivity index (χ4n) is 1.85. The van der Waals surface area contributed by atoms with Crippen molar-refractivity contribution in [2.24, 2.45) is 5.92 Å². The Morgan fingerprint density at radius 3 is 2.57 bits per heavy atom. The predicted octanol–water partition coefficient (Wildman–Crippen LogP) is 0.289. The van der Waals surface area contributed by atoms with Gasteiger partial charge < -0.3 is 4.90 Å². The van der Waals surface area contributed by atoms with Gasteiger partial charge in [0.15, 0.2) is 0 Å². The van der Waals surface area contributed by atoms with Gasteiger partial charge in [-0.3, -0.25) is 4.79 Å². The summed E-state index contributed by atoms with van der Waals surface area (Å²) in [5, 5.41) is 0. The molecule has 1 heterocycles. The molecule has 4 nitrogen and oxygen atoms in total. The lowest BCUT2D eigenvalue weighted by atomic mass is 9.98. The minimum Gasteiger partial charge on any atom is -0.343 e. The summed E-state index contributed by atoms with van der Waals surface area (Å²) < 4.78 is 22.1. The van der Waals surface area contributed by atoms with E-state index in [9.17, 15) is 13.2 Å². The molecular weight excluding hydrogens is 202 g/mol. The molecule has 1 atom stereocenters. The molecule has 1 saturated heterocycles. The Kier molecular flexibility index (Phi) is 3.53. The molecule has 0 aromatic carbocycles. The van der Waals surface area contributed by atoms with E-state index >= 15 is 0 Å². The zero-order chi connectivity index (χ0) is 10.8. The van der Waals surface area contributed by atoms with Crippen LogP contribution >= 0.6 is 0 Å². The van der Waals surface area contributed by atoms with Crippen molar-refractivity contribution in [3.05, 3.63) is 0 Å². The molecule has 1 aliphatic heterocycles. The van der Waals surface area contributed by atoms with Crippen molar-refractivity contribution in [2.45, 2.75) is 19.8 Å². The highest BCUT2D eigenvalue weighted by atomic mass is 32.2. The fourth-order valence-corrected chi connectivity index (χ4v) is 2.99. The average Bonchev–Trinajstić information content (AvgIpc) is 2.01. The van der Waals surface area contributed by atoms with Crippen LogP contribution in [-0.4, -0.2) is 44.3 Å². The van der Waals surface area contributed by atoms with E-state index < -0.39 is 9.84 Å². The lowest BCUT2D eigenvalue weighted by Crippen LogP contribution is -2.40. The molecule has 0 aromatic heterocycles. The van der Waals surface area contributed by atoms with Crippen molar-refractivity contribution in [1.29, 1.82) is 0 Å². The Hall–Kier alpha value is -0.580. The Morgan fingerprint density at radius 2 is 2.14 bits per heavy atom. The van der Waals surface area contributed by atoms with Crippen LogP contribution in [-0.2, 0) is 14.6 Å². The highest BCUT2D eigenvalue weighted by Crippen LogP contribution is 2.19. The van der Waals surface area contributed by atoms with E-state index in [1.165, 1.54) is 6.26 Å². The highest BCUT2D eigenvalue weighted by molar-refractivity contribution is 7.90. The number of piperidine rings is 1. The van der Waals surface area contributed by atoms with E-state index in [4.69, 9.17) is 0 Å². The van der Waals surface area contributed by atoms with Crippen molar-refractivity contribution in [1.82, 2.24) is 4.90 Å². The van der Waals surface area contributed by atoms with Gasteiger partial charge >= 0.3 is 0 Å². The van der Waals surface area contributed by atoms with Crippen LogP contribution in [0.2, 0.25) is 0 Å². The summed E-state index contributed by atoms with van der Waals surface area (Å²) in [4.78, 5) is 13.2. The van der Waals surface area contributed by atoms with Gasteiger partial charge in [0.05, 0.1) is 5.75 Å². The molecule has 14 heavy (non-hydrogen) atoms. The second-order valence-electron chi connectivity index (χ2n) is 3.92. The molecule has 1 unspecified atom stereocenters. The van der Waals surface area contributed by atoms with Crippen molar-refractivity contribution < 1.29 is 13.2 Å². The predicted molar refractivity (Wildman–Crippen MR) is 54.7 cm³/mol. The van der Waals surface area contributed by atoms with Crippen LogP contribution < -0.4 is 0 Å². The van der Waals surface area contributed by atoms with Gasteiger partial charge in [-0.1, -0.05) is 0 Å². The first-order valence-electron chi connectivity index (χ1n) is 4.88. The van der Waals surface area contributed by atoms with Crippen LogP contribution in [0.4, 0.5) is 0 Å². The van der Waals surface area contributed by atoms with Crippen LogP contribution in [0.3, 0.4) is 0 Å². The summed E-state index contributed by atoms with van der Waals surface area (Å²) in [5.74, 6) is 0.267. The molecule has 0 spiro atoms. The number of carbonyl (C=O) groups is 1. The van der Waals surface area contributed by atoms with Gasteiger partial charge in [0.25, 0.3) is 0 Å². The molecule has 0 saturated carbocycles. The Bertz CT molecular complexity index is 310. The number of amides is 1. The van der Waals surface area contributed by atoms with Gasteiger partial charge in [0, 0.05) is 25.8 Å². The standard InChI is InChI=1S/C9H17NO3S/c1-3-10-5-4-8(6-9(10)11)7-14(2,12)13/h8H,3-7H2,1-2H3. The van der Waals surface area contributed by atoms with Crippen LogP contribution in [0.15, 0.2) is 0 Å². The molecule has 1 rings (SSSR count). The number of sulfone groups is 1. The van der Waals surface area contributed by atoms with Gasteiger partial charge in [0.2, 0.25) is 5.91 Å². The Labute approximate surface area is 85.2 Å². The number of nitrogens with zero attached hydrogens (tertiary/aromatic N) is 1. The van der Waals surface area contributed by atoms with Crippen molar-refractivity contribution >= 4 is 15.7 Å². The molecule has 1 aliphatic rings. The molecule has 0 N–H and O–H groups in total. The SMILES string of the molecule is CCN1CCC(CS(C)(=O)=O)CC1=O. The maximum Gasteiger partial charge on any atom is 0.222 e. The van der Waals surface area contributed by atoms with Gasteiger partial charge in [-0.05, 0) is 19.3 Å². The van der Waals surface area contributed by atoms with Gasteiger partial charge in [-0.2, -0.15) is 0 Å². The van der Waals surface area contributed by atoms with Gasteiger partial charge in [-0.15, -0.1) is 0 Å². The van der Waals surface area contributed by atoms with Gasteiger partial charge in [0.1, 0.15) is 9.84 Å². The third-order valence-electron chi connectivity index (χ3n) is 2.54. The molecule has 1 amide bonds. The highest BCUT2D eigenvalue weighted by Gasteiger charge is 2.26. The third-order valence-corrected chi connectivity index (χ3v) is 3.62. The zero-order valence-electron chi connectivity index (χ0n) is 8.69. The van der Waals surface area contributed by atoms with E-state index in [1.807, 2.05) is 6.92 Å². The topological polar surface area (TPSA) is 54.5 Å². The average molecular weight is 219 g/mol. The molecule has 5 heteroatoms. The summed E-state index contributed by atoms with van der Waals surface area (Å²) in [5.41, 5.74) is 0. The summed E-state index contributed by atoms with van der Waals surface area (Å²) in [6, 6.07) is 0. The molecule has 0 aliphatic carbocycles. The summed E-state index contributed by atoms with van der Waals surface area (Å²) in [7, 11) is -2.94. The quantitative estimate of drug-likeness (QED) is 0.685. The first kappa shape index (κ1) is 11.5. The number of hydrogen-bond donors (Lipinski definition) is 0. The fraction of sp³-hybridized carbons (Fsp3) is 0.889. The van der Waals surface area contributed by atoms with Crippen LogP contribution in [0, 0.1) is 5.92 Å². The van der Waals surface area contributed by atoms with E-state index in [2.05, 4.69) is 0 Å². The number of carbonyl (C=O) groups excluding carboxylic acids is 1. The monoisotopic (exact) mass is 219 g/mol. The maximum atomic E-state index is 11.5. The number of likely N-dealkylation sites (tertiary alicyclic amines) is 1. The normalized spacial score (nSPS) is 24.0. The van der Waals surface area contributed by atoms with Gasteiger partial charge in [-0.25, -0.2) is 8.42 Å². The summed E-state index contributed by atoms with van der Waals surface area (Å²) in [6.07, 6.45) is 2.43. The third kappa shape index (κ3) is 3.29. The van der Waals surface area contributed by atoms with Crippen molar-refractivity contribution in [3.8, 4) is 0 Å². The maximum absolute atomic E-state index is 11.5. The van der Waals surface area contributed by atoms with Crippen molar-refractivity contribution in [3.63, 3.8) is 0 Å². The molecule has 0 radical (unpaired) electrons. The second kappa shape index (κ2) is 4.29. The van der Waals surface area contributed by atoms with E-state index in [1.54, 1.807) is 4.90 Å². The van der Waals surface area contributed by atoms with E-state index in [-0.39, 0.29) is 17.6 Å². The lowest BCUT2D eigenvalue weighted by Gasteiger charge is -2.30. The van der Waals surface area contributed by atoms with Crippen LogP contribution in [0.1, 0.15) is 19.8 Å². The minimum absolute atomic E-state index is 0.0281. The molecule has 0 bridgehead atoms. The molecule has 0 aromatic rings. The molecule has 1 fully saturated rings. The molecule has 82 valence electrons. The minimum atomic E-state index is -2.94.